The molecule has 0 saturated heterocycles. The first-order chi connectivity index (χ1) is 29.7. The van der Waals surface area contributed by atoms with Gasteiger partial charge in [-0.25, -0.2) is 24.9 Å². The minimum absolute atomic E-state index is 0.554. The van der Waals surface area contributed by atoms with Gasteiger partial charge < -0.3 is 0 Å². The van der Waals surface area contributed by atoms with E-state index in [1.165, 1.54) is 0 Å². The first kappa shape index (κ1) is 36.0. The maximum Gasteiger partial charge on any atom is 0.164 e. The summed E-state index contributed by atoms with van der Waals surface area (Å²) in [6.45, 7) is 0. The largest absolute Gasteiger partial charge is 0.228 e. The van der Waals surface area contributed by atoms with E-state index in [4.69, 9.17) is 24.9 Å². The number of rotatable bonds is 8. The molecular weight excluding hydrogens is 733 g/mol. The van der Waals surface area contributed by atoms with Crippen LogP contribution in [0.25, 0.3) is 101 Å². The smallest absolute Gasteiger partial charge is 0.164 e. The summed E-state index contributed by atoms with van der Waals surface area (Å²) in [5.41, 5.74) is 13.0. The molecule has 6 nitrogen and oxygen atoms in total. The van der Waals surface area contributed by atoms with Crippen LogP contribution < -0.4 is 0 Å². The van der Waals surface area contributed by atoms with Gasteiger partial charge in [-0.2, -0.15) is 5.26 Å². The van der Waals surface area contributed by atoms with Crippen LogP contribution in [0.15, 0.2) is 206 Å². The van der Waals surface area contributed by atoms with Crippen LogP contribution in [0.1, 0.15) is 5.56 Å². The Labute approximate surface area is 347 Å². The van der Waals surface area contributed by atoms with Crippen molar-refractivity contribution in [2.45, 2.75) is 0 Å². The Bertz CT molecular complexity index is 3230. The van der Waals surface area contributed by atoms with Gasteiger partial charge in [-0.1, -0.05) is 176 Å². The average Bonchev–Trinajstić information content (AvgIpc) is 3.34. The predicted octanol–water partition coefficient (Wildman–Crippen LogP) is 13.0. The van der Waals surface area contributed by atoms with Gasteiger partial charge in [-0.15, -0.1) is 0 Å². The highest BCUT2D eigenvalue weighted by molar-refractivity contribution is 5.95. The Hall–Kier alpha value is -8.40. The van der Waals surface area contributed by atoms with E-state index >= 15 is 0 Å². The maximum atomic E-state index is 9.56. The lowest BCUT2D eigenvalue weighted by molar-refractivity contribution is 1.07. The molecule has 0 aliphatic heterocycles. The number of benzene rings is 8. The van der Waals surface area contributed by atoms with Gasteiger partial charge in [0.05, 0.1) is 22.8 Å². The number of hydrogen-bond donors (Lipinski definition) is 0. The van der Waals surface area contributed by atoms with Crippen LogP contribution in [0.2, 0.25) is 0 Å². The van der Waals surface area contributed by atoms with Gasteiger partial charge in [-0.3, -0.25) is 0 Å². The van der Waals surface area contributed by atoms with E-state index in [1.807, 2.05) is 115 Å². The highest BCUT2D eigenvalue weighted by Crippen LogP contribution is 2.39. The van der Waals surface area contributed by atoms with Crippen LogP contribution in [0, 0.1) is 11.3 Å². The molecule has 0 bridgehead atoms. The molecule has 10 rings (SSSR count). The molecule has 2 heterocycles. The van der Waals surface area contributed by atoms with Crippen LogP contribution >= 0.6 is 0 Å². The molecule has 0 fully saturated rings. The van der Waals surface area contributed by atoms with Crippen LogP contribution in [0.3, 0.4) is 0 Å². The van der Waals surface area contributed by atoms with Crippen molar-refractivity contribution in [1.29, 1.82) is 5.26 Å². The van der Waals surface area contributed by atoms with Gasteiger partial charge in [0.25, 0.3) is 0 Å². The third-order valence-corrected chi connectivity index (χ3v) is 10.6. The van der Waals surface area contributed by atoms with E-state index in [0.29, 0.717) is 28.9 Å². The third kappa shape index (κ3) is 7.08. The van der Waals surface area contributed by atoms with Crippen molar-refractivity contribution < 1.29 is 0 Å². The summed E-state index contributed by atoms with van der Waals surface area (Å²) in [5, 5.41) is 10.6. The maximum absolute atomic E-state index is 9.56. The fourth-order valence-corrected chi connectivity index (χ4v) is 7.68. The zero-order valence-electron chi connectivity index (χ0n) is 32.3. The minimum atomic E-state index is 0.554. The number of fused-ring (bicyclic) bond motifs is 1. The molecule has 0 amide bonds. The van der Waals surface area contributed by atoms with Gasteiger partial charge in [0.2, 0.25) is 0 Å². The van der Waals surface area contributed by atoms with Crippen molar-refractivity contribution >= 4 is 10.9 Å². The fourth-order valence-electron chi connectivity index (χ4n) is 7.68. The molecule has 0 unspecified atom stereocenters. The summed E-state index contributed by atoms with van der Waals surface area (Å²) in [7, 11) is 0. The van der Waals surface area contributed by atoms with Gasteiger partial charge in [0, 0.05) is 33.2 Å². The molecule has 0 N–H and O–H groups in total. The highest BCUT2D eigenvalue weighted by Gasteiger charge is 2.19. The van der Waals surface area contributed by atoms with Gasteiger partial charge >= 0.3 is 0 Å². The van der Waals surface area contributed by atoms with Crippen LogP contribution in [-0.2, 0) is 0 Å². The molecule has 60 heavy (non-hydrogen) atoms. The summed E-state index contributed by atoms with van der Waals surface area (Å²) in [4.78, 5) is 25.5. The molecule has 280 valence electrons. The standard InChI is InChI=1S/C54H34N6/c55-35-36-16-13-21-39(32-36)40-22-14-24-42(33-40)53-58-51(38-19-5-2-6-20-38)59-54(60-53)47-29-10-9-28-46(47)45-27-8-7-26-44(45)41-23-15-25-43(34-41)52-56-49-31-12-11-30-48(49)50(57-52)37-17-3-1-4-18-37/h1-34H. The molecule has 8 aromatic carbocycles. The number of hydrogen-bond acceptors (Lipinski definition) is 6. The first-order valence-electron chi connectivity index (χ1n) is 19.7. The molecule has 10 aromatic rings. The summed E-state index contributed by atoms with van der Waals surface area (Å²) < 4.78 is 0. The lowest BCUT2D eigenvalue weighted by Gasteiger charge is -2.16. The second-order valence-electron chi connectivity index (χ2n) is 14.4. The van der Waals surface area contributed by atoms with Gasteiger partial charge in [-0.05, 0) is 63.7 Å². The minimum Gasteiger partial charge on any atom is -0.228 e. The fraction of sp³-hybridized carbons (Fsp3) is 0. The number of aromatic nitrogens is 5. The van der Waals surface area contributed by atoms with Gasteiger partial charge in [0.1, 0.15) is 0 Å². The molecule has 2 aromatic heterocycles. The second-order valence-corrected chi connectivity index (χ2v) is 14.4. The Balaban J connectivity index is 1.09. The van der Waals surface area contributed by atoms with Crippen molar-refractivity contribution in [2.75, 3.05) is 0 Å². The topological polar surface area (TPSA) is 88.2 Å². The molecule has 0 aliphatic carbocycles. The summed E-state index contributed by atoms with van der Waals surface area (Å²) in [6, 6.07) is 71.7. The van der Waals surface area contributed by atoms with E-state index in [0.717, 1.165) is 77.8 Å². The molecular formula is C54H34N6. The molecule has 0 radical (unpaired) electrons. The molecule has 0 atom stereocenters. The Kier molecular flexibility index (Phi) is 9.51. The van der Waals surface area contributed by atoms with E-state index in [2.05, 4.69) is 97.1 Å². The number of para-hydroxylation sites is 1. The second kappa shape index (κ2) is 15.9. The molecule has 0 spiro atoms. The third-order valence-electron chi connectivity index (χ3n) is 10.6. The zero-order valence-corrected chi connectivity index (χ0v) is 32.3. The van der Waals surface area contributed by atoms with Crippen molar-refractivity contribution in [2.24, 2.45) is 0 Å². The number of nitrogens with zero attached hydrogens (tertiary/aromatic N) is 6. The molecule has 0 aliphatic rings. The van der Waals surface area contributed by atoms with E-state index in [9.17, 15) is 5.26 Å². The SMILES string of the molecule is N#Cc1cccc(-c2cccc(-c3nc(-c4ccccc4)nc(-c4ccccc4-c4ccccc4-c4cccc(-c5nc(-c6ccccc6)c6ccccc6n5)c4)n3)c2)c1. The van der Waals surface area contributed by atoms with Gasteiger partial charge in [0.15, 0.2) is 23.3 Å². The summed E-state index contributed by atoms with van der Waals surface area (Å²) in [6.07, 6.45) is 0. The van der Waals surface area contributed by atoms with Crippen molar-refractivity contribution in [3.05, 3.63) is 212 Å². The first-order valence-corrected chi connectivity index (χ1v) is 19.7. The molecule has 0 saturated carbocycles. The Morgan fingerprint density at radius 3 is 1.48 bits per heavy atom. The lowest BCUT2D eigenvalue weighted by atomic mass is 9.91. The Morgan fingerprint density at radius 1 is 0.300 bits per heavy atom. The van der Waals surface area contributed by atoms with Crippen LogP contribution in [-0.4, -0.2) is 24.9 Å². The summed E-state index contributed by atoms with van der Waals surface area (Å²) >= 11 is 0. The quantitative estimate of drug-likeness (QED) is 0.153. The van der Waals surface area contributed by atoms with Crippen molar-refractivity contribution in [3.63, 3.8) is 0 Å². The van der Waals surface area contributed by atoms with Crippen LogP contribution in [0.5, 0.6) is 0 Å². The van der Waals surface area contributed by atoms with Crippen LogP contribution in [0.4, 0.5) is 0 Å². The predicted molar refractivity (Wildman–Crippen MR) is 241 cm³/mol. The highest BCUT2D eigenvalue weighted by atomic mass is 15.0. The number of nitriles is 1. The van der Waals surface area contributed by atoms with Crippen molar-refractivity contribution in [3.8, 4) is 96.3 Å². The average molecular weight is 767 g/mol. The zero-order chi connectivity index (χ0) is 40.3. The van der Waals surface area contributed by atoms with E-state index in [-0.39, 0.29) is 0 Å². The normalized spacial score (nSPS) is 11.0. The summed E-state index contributed by atoms with van der Waals surface area (Å²) in [5.74, 6) is 2.36. The Morgan fingerprint density at radius 2 is 0.767 bits per heavy atom. The van der Waals surface area contributed by atoms with Crippen molar-refractivity contribution in [1.82, 2.24) is 24.9 Å². The lowest BCUT2D eigenvalue weighted by Crippen LogP contribution is -2.01. The van der Waals surface area contributed by atoms with E-state index in [1.54, 1.807) is 0 Å². The monoisotopic (exact) mass is 766 g/mol. The molecule has 6 heteroatoms. The van der Waals surface area contributed by atoms with E-state index < -0.39 is 0 Å².